The molecular weight excluding hydrogens is 230 g/mol. The van der Waals surface area contributed by atoms with E-state index in [0.29, 0.717) is 12.1 Å². The minimum atomic E-state index is -0.749. The van der Waals surface area contributed by atoms with Gasteiger partial charge in [0.15, 0.2) is 0 Å². The molecule has 0 aromatic carbocycles. The van der Waals surface area contributed by atoms with Gasteiger partial charge in [0.1, 0.15) is 5.82 Å². The maximum absolute atomic E-state index is 10.7. The lowest BCUT2D eigenvalue weighted by Gasteiger charge is -2.32. The predicted octanol–water partition coefficient (Wildman–Crippen LogP) is 1.64. The summed E-state index contributed by atoms with van der Waals surface area (Å²) in [7, 11) is 0. The fraction of sp³-hybridized carbons (Fsp3) is 0.462. The van der Waals surface area contributed by atoms with Crippen molar-refractivity contribution in [3.63, 3.8) is 0 Å². The molecular formula is C13H15N3O2. The first-order valence-corrected chi connectivity index (χ1v) is 6.02. The molecule has 1 fully saturated rings. The first-order valence-electron chi connectivity index (χ1n) is 6.02. The van der Waals surface area contributed by atoms with Gasteiger partial charge in [-0.15, -0.1) is 0 Å². The summed E-state index contributed by atoms with van der Waals surface area (Å²) in [5.41, 5.74) is 0.584. The Bertz CT molecular complexity index is 481. The number of nitriles is 1. The SMILES string of the molecule is N#Cc1ccnc(N2CCCC(CC(=O)O)C2)c1. The molecule has 1 aliphatic heterocycles. The average Bonchev–Trinajstić information content (AvgIpc) is 2.38. The van der Waals surface area contributed by atoms with Crippen LogP contribution in [-0.4, -0.2) is 29.1 Å². The Morgan fingerprint density at radius 1 is 1.67 bits per heavy atom. The van der Waals surface area contributed by atoms with Crippen molar-refractivity contribution in [2.75, 3.05) is 18.0 Å². The number of anilines is 1. The Balaban J connectivity index is 2.08. The summed E-state index contributed by atoms with van der Waals surface area (Å²) in [5, 5.41) is 17.7. The number of carbonyl (C=O) groups is 1. The number of pyridine rings is 1. The van der Waals surface area contributed by atoms with Crippen LogP contribution in [0, 0.1) is 17.2 Å². The Kier molecular flexibility index (Phi) is 3.78. The van der Waals surface area contributed by atoms with Crippen molar-refractivity contribution in [1.82, 2.24) is 4.98 Å². The third-order valence-electron chi connectivity index (χ3n) is 3.18. The highest BCUT2D eigenvalue weighted by atomic mass is 16.4. The molecule has 0 spiro atoms. The van der Waals surface area contributed by atoms with Gasteiger partial charge in [-0.05, 0) is 30.9 Å². The smallest absolute Gasteiger partial charge is 0.303 e. The number of nitrogens with zero attached hydrogens (tertiary/aromatic N) is 3. The molecule has 1 N–H and O–H groups in total. The van der Waals surface area contributed by atoms with Crippen molar-refractivity contribution in [2.45, 2.75) is 19.3 Å². The largest absolute Gasteiger partial charge is 0.481 e. The molecule has 0 saturated carbocycles. The molecule has 0 amide bonds. The van der Waals surface area contributed by atoms with Crippen LogP contribution in [0.4, 0.5) is 5.82 Å². The number of hydrogen-bond donors (Lipinski definition) is 1. The summed E-state index contributed by atoms with van der Waals surface area (Å²) >= 11 is 0. The van der Waals surface area contributed by atoms with Crippen LogP contribution in [0.2, 0.25) is 0 Å². The zero-order valence-electron chi connectivity index (χ0n) is 10.0. The minimum Gasteiger partial charge on any atom is -0.481 e. The van der Waals surface area contributed by atoms with E-state index in [0.717, 1.165) is 25.2 Å². The number of aliphatic carboxylic acids is 1. The summed E-state index contributed by atoms with van der Waals surface area (Å²) in [6.45, 7) is 1.58. The van der Waals surface area contributed by atoms with E-state index in [4.69, 9.17) is 10.4 Å². The second-order valence-electron chi connectivity index (χ2n) is 4.57. The van der Waals surface area contributed by atoms with E-state index in [9.17, 15) is 4.79 Å². The van der Waals surface area contributed by atoms with Crippen molar-refractivity contribution in [3.05, 3.63) is 23.9 Å². The van der Waals surface area contributed by atoms with Crippen LogP contribution >= 0.6 is 0 Å². The topological polar surface area (TPSA) is 77.2 Å². The van der Waals surface area contributed by atoms with Gasteiger partial charge in [0.05, 0.1) is 11.6 Å². The first-order chi connectivity index (χ1) is 8.69. The fourth-order valence-corrected chi connectivity index (χ4v) is 2.35. The van der Waals surface area contributed by atoms with E-state index in [1.54, 1.807) is 18.3 Å². The monoisotopic (exact) mass is 245 g/mol. The Labute approximate surface area is 106 Å². The van der Waals surface area contributed by atoms with Crippen molar-refractivity contribution >= 4 is 11.8 Å². The van der Waals surface area contributed by atoms with Gasteiger partial charge in [-0.1, -0.05) is 0 Å². The molecule has 1 aromatic heterocycles. The highest BCUT2D eigenvalue weighted by molar-refractivity contribution is 5.67. The zero-order chi connectivity index (χ0) is 13.0. The molecule has 1 aromatic rings. The maximum atomic E-state index is 10.7. The Hall–Kier alpha value is -2.09. The number of piperidine rings is 1. The van der Waals surface area contributed by atoms with Gasteiger partial charge in [0.2, 0.25) is 0 Å². The maximum Gasteiger partial charge on any atom is 0.303 e. The molecule has 1 aliphatic rings. The quantitative estimate of drug-likeness (QED) is 0.876. The molecule has 5 nitrogen and oxygen atoms in total. The van der Waals surface area contributed by atoms with E-state index in [-0.39, 0.29) is 12.3 Å². The fourth-order valence-electron chi connectivity index (χ4n) is 2.35. The minimum absolute atomic E-state index is 0.170. The lowest BCUT2D eigenvalue weighted by molar-refractivity contribution is -0.138. The van der Waals surface area contributed by atoms with Crippen molar-refractivity contribution in [2.24, 2.45) is 5.92 Å². The van der Waals surface area contributed by atoms with Crippen LogP contribution in [0.15, 0.2) is 18.3 Å². The second-order valence-corrected chi connectivity index (χ2v) is 4.57. The van der Waals surface area contributed by atoms with Gasteiger partial charge in [0.25, 0.3) is 0 Å². The summed E-state index contributed by atoms with van der Waals surface area (Å²) in [4.78, 5) is 17.1. The summed E-state index contributed by atoms with van der Waals surface area (Å²) in [5.74, 6) is 0.188. The van der Waals surface area contributed by atoms with Gasteiger partial charge < -0.3 is 10.0 Å². The molecule has 0 bridgehead atoms. The third kappa shape index (κ3) is 2.98. The van der Waals surface area contributed by atoms with Crippen LogP contribution in [0.25, 0.3) is 0 Å². The molecule has 1 unspecified atom stereocenters. The Morgan fingerprint density at radius 3 is 3.22 bits per heavy atom. The van der Waals surface area contributed by atoms with E-state index < -0.39 is 5.97 Å². The predicted molar refractivity (Wildman–Crippen MR) is 66.1 cm³/mol. The highest BCUT2D eigenvalue weighted by Crippen LogP contribution is 2.24. The summed E-state index contributed by atoms with van der Waals surface area (Å²) in [6.07, 6.45) is 3.74. The van der Waals surface area contributed by atoms with Gasteiger partial charge >= 0.3 is 5.97 Å². The number of carboxylic acids is 1. The highest BCUT2D eigenvalue weighted by Gasteiger charge is 2.22. The molecule has 1 atom stereocenters. The lowest BCUT2D eigenvalue weighted by atomic mass is 9.95. The molecule has 0 aliphatic carbocycles. The summed E-state index contributed by atoms with van der Waals surface area (Å²) < 4.78 is 0. The van der Waals surface area contributed by atoms with Crippen molar-refractivity contribution in [3.8, 4) is 6.07 Å². The van der Waals surface area contributed by atoms with Crippen LogP contribution in [0.3, 0.4) is 0 Å². The van der Waals surface area contributed by atoms with Crippen LogP contribution in [0.5, 0.6) is 0 Å². The number of rotatable bonds is 3. The molecule has 0 radical (unpaired) electrons. The molecule has 2 heterocycles. The van der Waals surface area contributed by atoms with Gasteiger partial charge in [0, 0.05) is 25.7 Å². The van der Waals surface area contributed by atoms with E-state index in [2.05, 4.69) is 16.0 Å². The average molecular weight is 245 g/mol. The van der Waals surface area contributed by atoms with Crippen molar-refractivity contribution in [1.29, 1.82) is 5.26 Å². The number of aromatic nitrogens is 1. The van der Waals surface area contributed by atoms with Gasteiger partial charge in [-0.2, -0.15) is 5.26 Å². The second kappa shape index (κ2) is 5.50. The number of hydrogen-bond acceptors (Lipinski definition) is 4. The van der Waals surface area contributed by atoms with Crippen LogP contribution in [0.1, 0.15) is 24.8 Å². The van der Waals surface area contributed by atoms with E-state index in [1.165, 1.54) is 0 Å². The zero-order valence-corrected chi connectivity index (χ0v) is 10.0. The van der Waals surface area contributed by atoms with E-state index >= 15 is 0 Å². The number of carboxylic acid groups (broad SMARTS) is 1. The molecule has 5 heteroatoms. The molecule has 18 heavy (non-hydrogen) atoms. The third-order valence-corrected chi connectivity index (χ3v) is 3.18. The van der Waals surface area contributed by atoms with E-state index in [1.807, 2.05) is 0 Å². The summed E-state index contributed by atoms with van der Waals surface area (Å²) in [6, 6.07) is 5.51. The molecule has 2 rings (SSSR count). The standard InChI is InChI=1S/C13H15N3O2/c14-8-10-3-4-15-12(6-10)16-5-1-2-11(9-16)7-13(17)18/h3-4,6,11H,1-2,5,7,9H2,(H,17,18). The van der Waals surface area contributed by atoms with Crippen LogP contribution in [-0.2, 0) is 4.79 Å². The normalized spacial score (nSPS) is 19.3. The van der Waals surface area contributed by atoms with Gasteiger partial charge in [-0.25, -0.2) is 4.98 Å². The molecule has 94 valence electrons. The van der Waals surface area contributed by atoms with Crippen LogP contribution < -0.4 is 4.90 Å². The first kappa shape index (κ1) is 12.4. The molecule has 1 saturated heterocycles. The lowest BCUT2D eigenvalue weighted by Crippen LogP contribution is -2.36. The Morgan fingerprint density at radius 2 is 2.50 bits per heavy atom. The van der Waals surface area contributed by atoms with Gasteiger partial charge in [-0.3, -0.25) is 4.79 Å². The van der Waals surface area contributed by atoms with Crippen molar-refractivity contribution < 1.29 is 9.90 Å².